The van der Waals surface area contributed by atoms with Gasteiger partial charge in [0.25, 0.3) is 5.91 Å². The van der Waals surface area contributed by atoms with Gasteiger partial charge in [-0.2, -0.15) is 5.26 Å². The number of nitriles is 1. The van der Waals surface area contributed by atoms with Crippen molar-refractivity contribution in [2.24, 2.45) is 0 Å². The number of amides is 1. The Morgan fingerprint density at radius 3 is 2.79 bits per heavy atom. The molecule has 3 heterocycles. The highest BCUT2D eigenvalue weighted by Crippen LogP contribution is 2.31. The molecule has 0 unspecified atom stereocenters. The molecule has 1 aliphatic carbocycles. The molecule has 0 bridgehead atoms. The van der Waals surface area contributed by atoms with Crippen molar-refractivity contribution in [1.82, 2.24) is 9.88 Å². The second-order valence-electron chi connectivity index (χ2n) is 6.21. The summed E-state index contributed by atoms with van der Waals surface area (Å²) in [7, 11) is 0. The molecule has 1 aliphatic heterocycles. The number of anilines is 1. The minimum absolute atomic E-state index is 0.160. The highest BCUT2D eigenvalue weighted by Gasteiger charge is 2.26. The van der Waals surface area contributed by atoms with E-state index in [2.05, 4.69) is 22.0 Å². The third kappa shape index (κ3) is 2.76. The zero-order valence-electron chi connectivity index (χ0n) is 13.4. The van der Waals surface area contributed by atoms with Gasteiger partial charge in [0.05, 0.1) is 16.5 Å². The Balaban J connectivity index is 1.42. The Morgan fingerprint density at radius 1 is 1.21 bits per heavy atom. The average Bonchev–Trinajstić information content (AvgIpc) is 3.23. The normalized spacial score (nSPS) is 16.8. The van der Waals surface area contributed by atoms with Gasteiger partial charge in [0.2, 0.25) is 0 Å². The molecule has 5 nitrogen and oxygen atoms in total. The van der Waals surface area contributed by atoms with Crippen molar-refractivity contribution < 1.29 is 4.79 Å². The lowest BCUT2D eigenvalue weighted by atomic mass is 10.2. The molecule has 0 spiro atoms. The average molecular weight is 338 g/mol. The van der Waals surface area contributed by atoms with E-state index in [-0.39, 0.29) is 5.91 Å². The van der Waals surface area contributed by atoms with Crippen LogP contribution in [0.25, 0.3) is 0 Å². The van der Waals surface area contributed by atoms with Gasteiger partial charge >= 0.3 is 0 Å². The van der Waals surface area contributed by atoms with Gasteiger partial charge in [0, 0.05) is 37.3 Å². The van der Waals surface area contributed by atoms with Crippen LogP contribution in [0.15, 0.2) is 24.4 Å². The lowest BCUT2D eigenvalue weighted by molar-refractivity contribution is 0.0751. The summed E-state index contributed by atoms with van der Waals surface area (Å²) in [4.78, 5) is 23.4. The standard InChI is InChI=1S/C18H18N4OS/c19-12-13-4-5-20-17(10-13)21-6-8-22(9-7-21)18(23)16-11-14-2-1-3-15(14)24-16/h4-5,10-11H,1-3,6-9H2. The molecule has 1 amide bonds. The minimum atomic E-state index is 0.160. The number of hydrogen-bond donors (Lipinski definition) is 0. The van der Waals surface area contributed by atoms with Gasteiger partial charge < -0.3 is 9.80 Å². The number of fused-ring (bicyclic) bond motifs is 1. The molecular weight excluding hydrogens is 320 g/mol. The molecule has 4 rings (SSSR count). The molecule has 1 fully saturated rings. The molecule has 24 heavy (non-hydrogen) atoms. The number of hydrogen-bond acceptors (Lipinski definition) is 5. The summed E-state index contributed by atoms with van der Waals surface area (Å²) < 4.78 is 0. The number of thiophene rings is 1. The van der Waals surface area contributed by atoms with E-state index in [1.807, 2.05) is 4.90 Å². The molecule has 0 atom stereocenters. The number of aryl methyl sites for hydroxylation is 2. The van der Waals surface area contributed by atoms with E-state index in [0.29, 0.717) is 18.7 Å². The van der Waals surface area contributed by atoms with Crippen molar-refractivity contribution in [3.63, 3.8) is 0 Å². The highest BCUT2D eigenvalue weighted by molar-refractivity contribution is 7.14. The van der Waals surface area contributed by atoms with Crippen LogP contribution in [0.4, 0.5) is 5.82 Å². The van der Waals surface area contributed by atoms with E-state index in [4.69, 9.17) is 5.26 Å². The van der Waals surface area contributed by atoms with E-state index in [0.717, 1.165) is 36.6 Å². The zero-order valence-corrected chi connectivity index (χ0v) is 14.2. The fourth-order valence-electron chi connectivity index (χ4n) is 3.39. The van der Waals surface area contributed by atoms with Crippen molar-refractivity contribution in [1.29, 1.82) is 5.26 Å². The predicted octanol–water partition coefficient (Wildman–Crippen LogP) is 2.47. The maximum atomic E-state index is 12.7. The van der Waals surface area contributed by atoms with Gasteiger partial charge in [-0.3, -0.25) is 4.79 Å². The van der Waals surface area contributed by atoms with E-state index in [1.54, 1.807) is 29.7 Å². The van der Waals surface area contributed by atoms with Crippen molar-refractivity contribution in [2.75, 3.05) is 31.1 Å². The van der Waals surface area contributed by atoms with Crippen molar-refractivity contribution >= 4 is 23.1 Å². The van der Waals surface area contributed by atoms with Gasteiger partial charge in [-0.1, -0.05) is 0 Å². The summed E-state index contributed by atoms with van der Waals surface area (Å²) in [5, 5.41) is 9.00. The lowest BCUT2D eigenvalue weighted by Crippen LogP contribution is -2.48. The second kappa shape index (κ2) is 6.25. The summed E-state index contributed by atoms with van der Waals surface area (Å²) in [5.74, 6) is 0.976. The first-order valence-electron chi connectivity index (χ1n) is 8.26. The largest absolute Gasteiger partial charge is 0.353 e. The second-order valence-corrected chi connectivity index (χ2v) is 7.34. The number of pyridine rings is 1. The Hall–Kier alpha value is -2.39. The fraction of sp³-hybridized carbons (Fsp3) is 0.389. The van der Waals surface area contributed by atoms with Gasteiger partial charge in [-0.05, 0) is 43.0 Å². The maximum Gasteiger partial charge on any atom is 0.264 e. The minimum Gasteiger partial charge on any atom is -0.353 e. The summed E-state index contributed by atoms with van der Waals surface area (Å²) in [6.07, 6.45) is 5.14. The van der Waals surface area contributed by atoms with Crippen LogP contribution >= 0.6 is 11.3 Å². The molecule has 0 saturated carbocycles. The van der Waals surface area contributed by atoms with Crippen LogP contribution in [0.2, 0.25) is 0 Å². The molecule has 1 saturated heterocycles. The first-order valence-corrected chi connectivity index (χ1v) is 9.08. The van der Waals surface area contributed by atoms with E-state index < -0.39 is 0 Å². The number of aromatic nitrogens is 1. The predicted molar refractivity (Wildman–Crippen MR) is 93.4 cm³/mol. The molecule has 2 aliphatic rings. The van der Waals surface area contributed by atoms with Gasteiger partial charge in [0.1, 0.15) is 5.82 Å². The lowest BCUT2D eigenvalue weighted by Gasteiger charge is -2.35. The molecule has 0 aromatic carbocycles. The van der Waals surface area contributed by atoms with Crippen molar-refractivity contribution in [2.45, 2.75) is 19.3 Å². The fourth-order valence-corrected chi connectivity index (χ4v) is 4.61. The monoisotopic (exact) mass is 338 g/mol. The first kappa shape index (κ1) is 15.2. The van der Waals surface area contributed by atoms with E-state index >= 15 is 0 Å². The molecule has 122 valence electrons. The number of rotatable bonds is 2. The first-order chi connectivity index (χ1) is 11.7. The number of carbonyl (C=O) groups excluding carboxylic acids is 1. The SMILES string of the molecule is N#Cc1ccnc(N2CCN(C(=O)c3cc4c(s3)CCC4)CC2)c1. The van der Waals surface area contributed by atoms with Crippen molar-refractivity contribution in [3.8, 4) is 6.07 Å². The summed E-state index contributed by atoms with van der Waals surface area (Å²) in [5.41, 5.74) is 1.99. The molecule has 2 aromatic rings. The van der Waals surface area contributed by atoms with Gasteiger partial charge in [-0.15, -0.1) is 11.3 Å². The molecule has 2 aromatic heterocycles. The van der Waals surface area contributed by atoms with E-state index in [1.165, 1.54) is 16.9 Å². The smallest absolute Gasteiger partial charge is 0.264 e. The van der Waals surface area contributed by atoms with E-state index in [9.17, 15) is 4.79 Å². The van der Waals surface area contributed by atoms with Crippen LogP contribution in [0.3, 0.4) is 0 Å². The topological polar surface area (TPSA) is 60.2 Å². The van der Waals surface area contributed by atoms with Crippen LogP contribution in [-0.2, 0) is 12.8 Å². The number of carbonyl (C=O) groups is 1. The Bertz CT molecular complexity index is 793. The Labute approximate surface area is 145 Å². The highest BCUT2D eigenvalue weighted by atomic mass is 32.1. The quantitative estimate of drug-likeness (QED) is 0.844. The van der Waals surface area contributed by atoms with Gasteiger partial charge in [-0.25, -0.2) is 4.98 Å². The molecule has 0 N–H and O–H groups in total. The number of nitrogens with zero attached hydrogens (tertiary/aromatic N) is 4. The molecular formula is C18H18N4OS. The summed E-state index contributed by atoms with van der Waals surface area (Å²) in [6.45, 7) is 2.89. The van der Waals surface area contributed by atoms with Crippen LogP contribution in [0.5, 0.6) is 0 Å². The summed E-state index contributed by atoms with van der Waals surface area (Å²) >= 11 is 1.67. The zero-order chi connectivity index (χ0) is 16.5. The van der Waals surface area contributed by atoms with Crippen LogP contribution in [-0.4, -0.2) is 42.0 Å². The maximum absolute atomic E-state index is 12.7. The van der Waals surface area contributed by atoms with Crippen LogP contribution < -0.4 is 4.90 Å². The molecule has 0 radical (unpaired) electrons. The van der Waals surface area contributed by atoms with Crippen LogP contribution in [0, 0.1) is 11.3 Å². The third-order valence-corrected chi connectivity index (χ3v) is 5.95. The molecule has 6 heteroatoms. The number of piperazine rings is 1. The van der Waals surface area contributed by atoms with Crippen LogP contribution in [0.1, 0.15) is 32.1 Å². The van der Waals surface area contributed by atoms with Gasteiger partial charge in [0.15, 0.2) is 0 Å². The third-order valence-electron chi connectivity index (χ3n) is 4.72. The Morgan fingerprint density at radius 2 is 2.04 bits per heavy atom. The van der Waals surface area contributed by atoms with Crippen molar-refractivity contribution in [3.05, 3.63) is 45.3 Å². The summed E-state index contributed by atoms with van der Waals surface area (Å²) in [6, 6.07) is 7.76. The Kier molecular flexibility index (Phi) is 3.95.